The summed E-state index contributed by atoms with van der Waals surface area (Å²) in [4.78, 5) is 23.3. The van der Waals surface area contributed by atoms with Crippen LogP contribution in [0, 0.1) is 19.8 Å². The fraction of sp³-hybridized carbons (Fsp3) is 0.471. The fourth-order valence-corrected chi connectivity index (χ4v) is 1.99. The summed E-state index contributed by atoms with van der Waals surface area (Å²) in [6.45, 7) is 9.95. The Hall–Kier alpha value is -2.21. The molecule has 2 aromatic rings. The third kappa shape index (κ3) is 4.89. The third-order valence-electron chi connectivity index (χ3n) is 3.44. The molecule has 2 N–H and O–H groups in total. The minimum Gasteiger partial charge on any atom is -0.379 e. The Labute approximate surface area is 136 Å². The maximum Gasteiger partial charge on any atom is 0.254 e. The highest BCUT2D eigenvalue weighted by Gasteiger charge is 2.06. The van der Waals surface area contributed by atoms with Crippen LogP contribution in [0.1, 0.15) is 25.1 Å². The molecule has 0 aliphatic heterocycles. The topological polar surface area (TPSA) is 79.9 Å². The Morgan fingerprint density at radius 1 is 1.30 bits per heavy atom. The summed E-state index contributed by atoms with van der Waals surface area (Å²) in [5.41, 5.74) is 2.04. The zero-order valence-electron chi connectivity index (χ0n) is 14.1. The second-order valence-corrected chi connectivity index (χ2v) is 5.95. The molecule has 2 heterocycles. The highest BCUT2D eigenvalue weighted by molar-refractivity contribution is 5.56. The number of hydrogen-bond donors (Lipinski definition) is 2. The second-order valence-electron chi connectivity index (χ2n) is 5.95. The Morgan fingerprint density at radius 2 is 2.09 bits per heavy atom. The van der Waals surface area contributed by atoms with Crippen LogP contribution < -0.4 is 10.9 Å². The van der Waals surface area contributed by atoms with E-state index in [2.05, 4.69) is 34.1 Å². The predicted octanol–water partition coefficient (Wildman–Crippen LogP) is 2.53. The molecule has 0 saturated heterocycles. The molecular formula is C17H24N4O2. The molecule has 0 bridgehead atoms. The van der Waals surface area contributed by atoms with Crippen molar-refractivity contribution < 1.29 is 4.74 Å². The fourth-order valence-electron chi connectivity index (χ4n) is 1.99. The van der Waals surface area contributed by atoms with Crippen molar-refractivity contribution in [2.24, 2.45) is 5.92 Å². The van der Waals surface area contributed by atoms with Gasteiger partial charge in [0, 0.05) is 36.2 Å². The normalized spacial score (nSPS) is 11.0. The number of H-pyrrole nitrogens is 1. The van der Waals surface area contributed by atoms with Gasteiger partial charge in [-0.25, -0.2) is 9.97 Å². The van der Waals surface area contributed by atoms with Gasteiger partial charge in [0.25, 0.3) is 5.56 Å². The largest absolute Gasteiger partial charge is 0.379 e. The van der Waals surface area contributed by atoms with Gasteiger partial charge in [-0.1, -0.05) is 13.8 Å². The Morgan fingerprint density at radius 3 is 2.70 bits per heavy atom. The molecule has 23 heavy (non-hydrogen) atoms. The maximum atomic E-state index is 11.8. The summed E-state index contributed by atoms with van der Waals surface area (Å²) in [5.74, 6) is 1.85. The number of anilines is 1. The molecule has 0 aliphatic carbocycles. The first-order chi connectivity index (χ1) is 11.0. The summed E-state index contributed by atoms with van der Waals surface area (Å²) in [7, 11) is 0. The van der Waals surface area contributed by atoms with E-state index in [0.29, 0.717) is 30.5 Å². The van der Waals surface area contributed by atoms with Gasteiger partial charge >= 0.3 is 0 Å². The van der Waals surface area contributed by atoms with Crippen molar-refractivity contribution in [3.63, 3.8) is 0 Å². The summed E-state index contributed by atoms with van der Waals surface area (Å²) in [6, 6.07) is 3.75. The zero-order chi connectivity index (χ0) is 16.8. The van der Waals surface area contributed by atoms with Gasteiger partial charge in [0.15, 0.2) is 0 Å². The lowest BCUT2D eigenvalue weighted by molar-refractivity contribution is 0.118. The molecule has 0 unspecified atom stereocenters. The van der Waals surface area contributed by atoms with Crippen molar-refractivity contribution in [1.29, 1.82) is 0 Å². The van der Waals surface area contributed by atoms with Crippen molar-refractivity contribution in [2.75, 3.05) is 25.1 Å². The number of hydrogen-bond acceptors (Lipinski definition) is 5. The van der Waals surface area contributed by atoms with E-state index < -0.39 is 0 Å². The zero-order valence-corrected chi connectivity index (χ0v) is 14.1. The van der Waals surface area contributed by atoms with Gasteiger partial charge in [0.05, 0.1) is 6.61 Å². The smallest absolute Gasteiger partial charge is 0.254 e. The monoisotopic (exact) mass is 316 g/mol. The molecule has 0 spiro atoms. The molecule has 0 atom stereocenters. The second kappa shape index (κ2) is 7.87. The van der Waals surface area contributed by atoms with E-state index in [-0.39, 0.29) is 5.56 Å². The maximum absolute atomic E-state index is 11.8. The lowest BCUT2D eigenvalue weighted by Gasteiger charge is -2.09. The number of pyridine rings is 1. The molecule has 124 valence electrons. The summed E-state index contributed by atoms with van der Waals surface area (Å²) in [5, 5.41) is 3.20. The Balaban J connectivity index is 1.96. The molecule has 2 rings (SSSR count). The summed E-state index contributed by atoms with van der Waals surface area (Å²) >= 11 is 0. The van der Waals surface area contributed by atoms with Gasteiger partial charge in [0.2, 0.25) is 0 Å². The van der Waals surface area contributed by atoms with E-state index in [1.165, 1.54) is 0 Å². The van der Waals surface area contributed by atoms with Crippen LogP contribution in [0.3, 0.4) is 0 Å². The van der Waals surface area contributed by atoms with Gasteiger partial charge in [-0.05, 0) is 31.9 Å². The molecule has 0 fully saturated rings. The van der Waals surface area contributed by atoms with Crippen LogP contribution in [0.5, 0.6) is 0 Å². The van der Waals surface area contributed by atoms with Crippen LogP contribution in [-0.2, 0) is 4.74 Å². The van der Waals surface area contributed by atoms with Crippen LogP contribution in [0.25, 0.3) is 11.4 Å². The number of ether oxygens (including phenoxy) is 1. The lowest BCUT2D eigenvalue weighted by atomic mass is 10.2. The van der Waals surface area contributed by atoms with E-state index in [4.69, 9.17) is 4.74 Å². The van der Waals surface area contributed by atoms with Crippen LogP contribution in [0.4, 0.5) is 5.82 Å². The quantitative estimate of drug-likeness (QED) is 0.767. The van der Waals surface area contributed by atoms with E-state index in [0.717, 1.165) is 23.7 Å². The van der Waals surface area contributed by atoms with E-state index in [9.17, 15) is 4.79 Å². The molecular weight excluding hydrogens is 292 g/mol. The molecule has 0 radical (unpaired) electrons. The molecule has 0 aromatic carbocycles. The first kappa shape index (κ1) is 17.1. The average molecular weight is 316 g/mol. The number of aryl methyl sites for hydroxylation is 1. The van der Waals surface area contributed by atoms with Crippen LogP contribution >= 0.6 is 0 Å². The standard InChI is InChI=1S/C17H24N4O2/c1-11(2)10-23-8-7-18-15-6-5-14(9-19-15)16-20-13(4)12(3)17(22)21-16/h5-6,9,11H,7-8,10H2,1-4H3,(H,18,19)(H,20,21,22). The highest BCUT2D eigenvalue weighted by atomic mass is 16.5. The van der Waals surface area contributed by atoms with E-state index in [1.54, 1.807) is 13.1 Å². The number of rotatable bonds is 7. The van der Waals surface area contributed by atoms with Crippen molar-refractivity contribution in [3.05, 3.63) is 39.9 Å². The highest BCUT2D eigenvalue weighted by Crippen LogP contribution is 2.15. The predicted molar refractivity (Wildman–Crippen MR) is 91.7 cm³/mol. The molecule has 2 aromatic heterocycles. The first-order valence-electron chi connectivity index (χ1n) is 7.83. The van der Waals surface area contributed by atoms with Crippen molar-refractivity contribution >= 4 is 5.82 Å². The number of aromatic nitrogens is 3. The summed E-state index contributed by atoms with van der Waals surface area (Å²) < 4.78 is 5.51. The minimum atomic E-state index is -0.114. The van der Waals surface area contributed by atoms with Gasteiger partial charge in [0.1, 0.15) is 11.6 Å². The molecule has 6 nitrogen and oxygen atoms in total. The van der Waals surface area contributed by atoms with Gasteiger partial charge < -0.3 is 15.0 Å². The summed E-state index contributed by atoms with van der Waals surface area (Å²) in [6.07, 6.45) is 1.70. The Kier molecular flexibility index (Phi) is 5.87. The van der Waals surface area contributed by atoms with Gasteiger partial charge in [-0.2, -0.15) is 0 Å². The molecule has 0 amide bonds. The lowest BCUT2D eigenvalue weighted by Crippen LogP contribution is -2.14. The average Bonchev–Trinajstić information content (AvgIpc) is 2.52. The SMILES string of the molecule is Cc1nc(-c2ccc(NCCOCC(C)C)nc2)[nH]c(=O)c1C. The Bertz CT molecular complexity index is 693. The van der Waals surface area contributed by atoms with Crippen molar-refractivity contribution in [3.8, 4) is 11.4 Å². The first-order valence-corrected chi connectivity index (χ1v) is 7.83. The van der Waals surface area contributed by atoms with Crippen LogP contribution in [0.2, 0.25) is 0 Å². The van der Waals surface area contributed by atoms with E-state index >= 15 is 0 Å². The van der Waals surface area contributed by atoms with Crippen molar-refractivity contribution in [2.45, 2.75) is 27.7 Å². The number of aromatic amines is 1. The number of nitrogens with zero attached hydrogens (tertiary/aromatic N) is 2. The minimum absolute atomic E-state index is 0.114. The third-order valence-corrected chi connectivity index (χ3v) is 3.44. The number of nitrogens with one attached hydrogen (secondary N) is 2. The molecule has 0 saturated carbocycles. The van der Waals surface area contributed by atoms with Gasteiger partial charge in [-0.3, -0.25) is 4.79 Å². The van der Waals surface area contributed by atoms with E-state index in [1.807, 2.05) is 19.1 Å². The van der Waals surface area contributed by atoms with Crippen molar-refractivity contribution in [1.82, 2.24) is 15.0 Å². The van der Waals surface area contributed by atoms with Gasteiger partial charge in [-0.15, -0.1) is 0 Å². The van der Waals surface area contributed by atoms with Crippen LogP contribution in [0.15, 0.2) is 23.1 Å². The molecule has 0 aliphatic rings. The molecule has 6 heteroatoms. The van der Waals surface area contributed by atoms with Crippen LogP contribution in [-0.4, -0.2) is 34.7 Å².